The number of amides is 2. The number of carbonyl (C=O) groups excluding carboxylic acids is 2. The smallest absolute Gasteiger partial charge is 0.408 e. The number of ether oxygens (including phenoxy) is 1. The second kappa shape index (κ2) is 7.82. The Morgan fingerprint density at radius 2 is 1.87 bits per heavy atom. The van der Waals surface area contributed by atoms with Crippen molar-refractivity contribution in [2.24, 2.45) is 0 Å². The molecule has 1 aliphatic rings. The van der Waals surface area contributed by atoms with Crippen molar-refractivity contribution in [2.45, 2.75) is 44.8 Å². The van der Waals surface area contributed by atoms with Crippen molar-refractivity contribution >= 4 is 23.7 Å². The lowest BCUT2D eigenvalue weighted by Crippen LogP contribution is -2.50. The summed E-state index contributed by atoms with van der Waals surface area (Å²) in [5.41, 5.74) is 0.642. The number of alkyl carbamates (subject to hydrolysis) is 1. The van der Waals surface area contributed by atoms with Crippen molar-refractivity contribution in [1.82, 2.24) is 5.32 Å². The van der Waals surface area contributed by atoms with Gasteiger partial charge in [-0.1, -0.05) is 56.3 Å². The van der Waals surface area contributed by atoms with E-state index in [0.717, 1.165) is 16.8 Å². The summed E-state index contributed by atoms with van der Waals surface area (Å²) < 4.78 is 5.21. The molecular weight excluding hydrogens is 384 g/mol. The highest BCUT2D eigenvalue weighted by molar-refractivity contribution is 5.97. The highest BCUT2D eigenvalue weighted by atomic mass is 16.5. The Labute approximate surface area is 175 Å². The molecule has 1 heterocycles. The zero-order valence-corrected chi connectivity index (χ0v) is 17.6. The molecule has 7 heteroatoms. The van der Waals surface area contributed by atoms with Gasteiger partial charge in [-0.05, 0) is 29.7 Å². The molecule has 2 amide bonds. The van der Waals surface area contributed by atoms with Crippen LogP contribution in [0.1, 0.15) is 43.9 Å². The van der Waals surface area contributed by atoms with Crippen LogP contribution in [0.2, 0.25) is 0 Å². The largest absolute Gasteiger partial charge is 0.479 e. The summed E-state index contributed by atoms with van der Waals surface area (Å²) in [6.45, 7) is 5.35. The van der Waals surface area contributed by atoms with Crippen molar-refractivity contribution in [2.75, 3.05) is 11.9 Å². The SMILES string of the molecule is CN1C(=O)CC(C)(C)c2cc(C(C)(NC(=O)OCc3ccccc3)C(=O)O)ccc21. The molecule has 0 spiro atoms. The first-order chi connectivity index (χ1) is 14.0. The monoisotopic (exact) mass is 410 g/mol. The van der Waals surface area contributed by atoms with Crippen LogP contribution in [0.3, 0.4) is 0 Å². The van der Waals surface area contributed by atoms with Gasteiger partial charge in [0.15, 0.2) is 5.54 Å². The number of rotatable bonds is 5. The van der Waals surface area contributed by atoms with Gasteiger partial charge in [-0.15, -0.1) is 0 Å². The molecule has 0 aliphatic carbocycles. The summed E-state index contributed by atoms with van der Waals surface area (Å²) in [6, 6.07) is 14.2. The number of nitrogens with zero attached hydrogens (tertiary/aromatic N) is 1. The van der Waals surface area contributed by atoms with Gasteiger partial charge in [0.1, 0.15) is 6.61 Å². The summed E-state index contributed by atoms with van der Waals surface area (Å²) >= 11 is 0. The Morgan fingerprint density at radius 3 is 2.50 bits per heavy atom. The zero-order valence-electron chi connectivity index (χ0n) is 17.6. The summed E-state index contributed by atoms with van der Waals surface area (Å²) in [5.74, 6) is -1.21. The van der Waals surface area contributed by atoms with E-state index in [0.29, 0.717) is 12.0 Å². The molecule has 30 heavy (non-hydrogen) atoms. The van der Waals surface area contributed by atoms with Crippen LogP contribution in [-0.4, -0.2) is 30.1 Å². The van der Waals surface area contributed by atoms with Crippen molar-refractivity contribution in [3.8, 4) is 0 Å². The topological polar surface area (TPSA) is 95.9 Å². The number of nitrogens with one attached hydrogen (secondary N) is 1. The maximum atomic E-state index is 12.4. The van der Waals surface area contributed by atoms with E-state index in [1.165, 1.54) is 6.92 Å². The Bertz CT molecular complexity index is 986. The molecule has 2 aromatic rings. The van der Waals surface area contributed by atoms with Gasteiger partial charge in [-0.2, -0.15) is 0 Å². The maximum absolute atomic E-state index is 12.4. The fourth-order valence-corrected chi connectivity index (χ4v) is 3.62. The molecule has 7 nitrogen and oxygen atoms in total. The van der Waals surface area contributed by atoms with Crippen LogP contribution in [-0.2, 0) is 31.9 Å². The molecule has 1 atom stereocenters. The molecule has 3 rings (SSSR count). The van der Waals surface area contributed by atoms with E-state index in [2.05, 4.69) is 5.32 Å². The fraction of sp³-hybridized carbons (Fsp3) is 0.348. The van der Waals surface area contributed by atoms with Crippen molar-refractivity contribution in [1.29, 1.82) is 0 Å². The van der Waals surface area contributed by atoms with Gasteiger partial charge in [0.05, 0.1) is 0 Å². The third kappa shape index (κ3) is 4.01. The number of carbonyl (C=O) groups is 3. The predicted molar refractivity (Wildman–Crippen MR) is 112 cm³/mol. The molecule has 0 aromatic heterocycles. The number of aliphatic carboxylic acids is 1. The standard InChI is InChI=1S/C23H26N2O5/c1-22(2)13-19(26)25(4)18-11-10-16(12-17(18)22)23(3,20(27)28)24-21(29)30-14-15-8-6-5-7-9-15/h5-12H,13-14H2,1-4H3,(H,24,29)(H,27,28). The number of fused-ring (bicyclic) bond motifs is 1. The molecule has 2 aromatic carbocycles. The molecule has 0 saturated carbocycles. The average Bonchev–Trinajstić information content (AvgIpc) is 2.70. The molecule has 0 fully saturated rings. The summed E-state index contributed by atoms with van der Waals surface area (Å²) in [5, 5.41) is 12.4. The number of hydrogen-bond acceptors (Lipinski definition) is 4. The van der Waals surface area contributed by atoms with E-state index in [9.17, 15) is 19.5 Å². The van der Waals surface area contributed by atoms with Gasteiger partial charge in [-0.3, -0.25) is 4.79 Å². The van der Waals surface area contributed by atoms with Crippen molar-refractivity contribution in [3.63, 3.8) is 0 Å². The zero-order chi connectivity index (χ0) is 22.1. The second-order valence-corrected chi connectivity index (χ2v) is 8.36. The number of hydrogen-bond donors (Lipinski definition) is 2. The lowest BCUT2D eigenvalue weighted by Gasteiger charge is -2.38. The first kappa shape index (κ1) is 21.4. The van der Waals surface area contributed by atoms with Gasteiger partial charge < -0.3 is 20.1 Å². The van der Waals surface area contributed by atoms with Gasteiger partial charge in [0, 0.05) is 24.6 Å². The molecule has 1 aliphatic heterocycles. The predicted octanol–water partition coefficient (Wildman–Crippen LogP) is 3.56. The Balaban J connectivity index is 1.87. The van der Waals surface area contributed by atoms with E-state index >= 15 is 0 Å². The van der Waals surface area contributed by atoms with Crippen molar-refractivity contribution in [3.05, 3.63) is 65.2 Å². The van der Waals surface area contributed by atoms with Crippen LogP contribution < -0.4 is 10.2 Å². The van der Waals surface area contributed by atoms with Crippen LogP contribution in [0.15, 0.2) is 48.5 Å². The second-order valence-electron chi connectivity index (χ2n) is 8.36. The van der Waals surface area contributed by atoms with Gasteiger partial charge in [0.25, 0.3) is 0 Å². The van der Waals surface area contributed by atoms with E-state index in [-0.39, 0.29) is 12.5 Å². The molecule has 0 bridgehead atoms. The third-order valence-corrected chi connectivity index (χ3v) is 5.62. The Hall–Kier alpha value is -3.35. The van der Waals surface area contributed by atoms with Gasteiger partial charge in [0.2, 0.25) is 5.91 Å². The molecule has 0 radical (unpaired) electrons. The first-order valence-electron chi connectivity index (χ1n) is 9.68. The average molecular weight is 410 g/mol. The number of anilines is 1. The van der Waals surface area contributed by atoms with E-state index in [4.69, 9.17) is 4.74 Å². The van der Waals surface area contributed by atoms with Gasteiger partial charge in [-0.25, -0.2) is 9.59 Å². The van der Waals surface area contributed by atoms with Crippen LogP contribution in [0, 0.1) is 0 Å². The fourth-order valence-electron chi connectivity index (χ4n) is 3.62. The number of carboxylic acid groups (broad SMARTS) is 1. The normalized spacial score (nSPS) is 16.9. The molecule has 158 valence electrons. The lowest BCUT2D eigenvalue weighted by atomic mass is 9.75. The van der Waals surface area contributed by atoms with Crippen LogP contribution in [0.4, 0.5) is 10.5 Å². The van der Waals surface area contributed by atoms with Crippen molar-refractivity contribution < 1.29 is 24.2 Å². The Kier molecular flexibility index (Phi) is 5.57. The summed E-state index contributed by atoms with van der Waals surface area (Å²) in [7, 11) is 1.70. The van der Waals surface area contributed by atoms with Crippen LogP contribution in [0.5, 0.6) is 0 Å². The summed E-state index contributed by atoms with van der Waals surface area (Å²) in [6.07, 6.45) is -0.510. The lowest BCUT2D eigenvalue weighted by molar-refractivity contribution is -0.144. The molecule has 1 unspecified atom stereocenters. The molecule has 0 saturated heterocycles. The third-order valence-electron chi connectivity index (χ3n) is 5.62. The molecular formula is C23H26N2O5. The number of benzene rings is 2. The van der Waals surface area contributed by atoms with Crippen LogP contribution >= 0.6 is 0 Å². The Morgan fingerprint density at radius 1 is 1.20 bits per heavy atom. The first-order valence-corrected chi connectivity index (χ1v) is 9.68. The maximum Gasteiger partial charge on any atom is 0.408 e. The van der Waals surface area contributed by atoms with E-state index < -0.39 is 23.0 Å². The highest BCUT2D eigenvalue weighted by Crippen LogP contribution is 2.41. The van der Waals surface area contributed by atoms with Crippen LogP contribution in [0.25, 0.3) is 0 Å². The summed E-state index contributed by atoms with van der Waals surface area (Å²) in [4.78, 5) is 38.3. The quantitative estimate of drug-likeness (QED) is 0.786. The minimum Gasteiger partial charge on any atom is -0.479 e. The number of carboxylic acids is 1. The van der Waals surface area contributed by atoms with E-state index in [1.807, 2.05) is 44.2 Å². The minimum atomic E-state index is -1.70. The molecule has 2 N–H and O–H groups in total. The minimum absolute atomic E-state index is 0.00358. The van der Waals surface area contributed by atoms with Gasteiger partial charge >= 0.3 is 12.1 Å². The highest BCUT2D eigenvalue weighted by Gasteiger charge is 2.41. The van der Waals surface area contributed by atoms with E-state index in [1.54, 1.807) is 30.1 Å².